The van der Waals surface area contributed by atoms with Crippen molar-refractivity contribution in [1.82, 2.24) is 0 Å². The van der Waals surface area contributed by atoms with Crippen molar-refractivity contribution in [3.8, 4) is 0 Å². The summed E-state index contributed by atoms with van der Waals surface area (Å²) in [6, 6.07) is 19.2. The molecule has 0 aromatic heterocycles. The first-order valence-corrected chi connectivity index (χ1v) is 11.8. The number of benzene rings is 2. The summed E-state index contributed by atoms with van der Waals surface area (Å²) in [6.07, 6.45) is -10.9. The maximum Gasteiger partial charge on any atom is 0.187 e. The van der Waals surface area contributed by atoms with Gasteiger partial charge in [0.2, 0.25) is 0 Å². The molecule has 192 valence electrons. The first-order chi connectivity index (χ1) is 16.8. The van der Waals surface area contributed by atoms with E-state index in [9.17, 15) is 20.4 Å². The Labute approximate surface area is 204 Å². The molecule has 4 N–H and O–H groups in total. The van der Waals surface area contributed by atoms with E-state index in [4.69, 9.17) is 23.7 Å². The number of aliphatic hydroxyl groups excluding tert-OH is 4. The van der Waals surface area contributed by atoms with Crippen molar-refractivity contribution >= 4 is 0 Å². The summed E-state index contributed by atoms with van der Waals surface area (Å²) in [5.74, 6) is 0. The monoisotopic (exact) mass is 490 g/mol. The van der Waals surface area contributed by atoms with E-state index in [1.165, 1.54) is 0 Å². The van der Waals surface area contributed by atoms with Crippen molar-refractivity contribution < 1.29 is 44.1 Å². The van der Waals surface area contributed by atoms with Crippen LogP contribution >= 0.6 is 0 Å². The van der Waals surface area contributed by atoms with Gasteiger partial charge in [0.05, 0.1) is 25.4 Å². The van der Waals surface area contributed by atoms with Crippen LogP contribution in [0.3, 0.4) is 0 Å². The van der Waals surface area contributed by atoms with Crippen LogP contribution in [0.5, 0.6) is 0 Å². The molecule has 9 nitrogen and oxygen atoms in total. The molecule has 0 saturated carbocycles. The van der Waals surface area contributed by atoms with E-state index in [0.29, 0.717) is 0 Å². The molecule has 2 saturated heterocycles. The molecule has 2 fully saturated rings. The van der Waals surface area contributed by atoms with E-state index in [2.05, 4.69) is 0 Å². The van der Waals surface area contributed by atoms with Gasteiger partial charge in [0.25, 0.3) is 0 Å². The van der Waals surface area contributed by atoms with Gasteiger partial charge in [-0.05, 0) is 25.0 Å². The summed E-state index contributed by atoms with van der Waals surface area (Å²) in [5.41, 5.74) is 1.88. The van der Waals surface area contributed by atoms with Crippen LogP contribution in [0.15, 0.2) is 60.7 Å². The Morgan fingerprint density at radius 2 is 1.17 bits per heavy atom. The largest absolute Gasteiger partial charge is 0.388 e. The lowest BCUT2D eigenvalue weighted by Gasteiger charge is -2.46. The molecule has 0 amide bonds. The zero-order valence-corrected chi connectivity index (χ0v) is 19.8. The van der Waals surface area contributed by atoms with Gasteiger partial charge in [-0.1, -0.05) is 60.7 Å². The van der Waals surface area contributed by atoms with Crippen molar-refractivity contribution in [2.75, 3.05) is 0 Å². The van der Waals surface area contributed by atoms with E-state index in [0.717, 1.165) is 11.1 Å². The molecular weight excluding hydrogens is 456 g/mol. The summed E-state index contributed by atoms with van der Waals surface area (Å²) < 4.78 is 29.7. The van der Waals surface area contributed by atoms with Crippen LogP contribution in [0.4, 0.5) is 0 Å². The number of ether oxygens (including phenoxy) is 5. The Balaban J connectivity index is 1.54. The number of rotatable bonds is 8. The Bertz CT molecular complexity index is 898. The van der Waals surface area contributed by atoms with Crippen LogP contribution in [0.1, 0.15) is 25.0 Å². The molecule has 0 unspecified atom stereocenters. The molecule has 0 bridgehead atoms. The smallest absolute Gasteiger partial charge is 0.187 e. The third kappa shape index (κ3) is 6.26. The van der Waals surface area contributed by atoms with Crippen molar-refractivity contribution in [2.24, 2.45) is 0 Å². The minimum Gasteiger partial charge on any atom is -0.388 e. The normalized spacial score (nSPS) is 37.8. The van der Waals surface area contributed by atoms with Crippen molar-refractivity contribution in [3.63, 3.8) is 0 Å². The van der Waals surface area contributed by atoms with E-state index in [-0.39, 0.29) is 13.2 Å². The molecule has 35 heavy (non-hydrogen) atoms. The van der Waals surface area contributed by atoms with Gasteiger partial charge >= 0.3 is 0 Å². The number of hydrogen-bond donors (Lipinski definition) is 4. The summed E-state index contributed by atoms with van der Waals surface area (Å²) >= 11 is 0. The standard InChI is InChI=1S/C26H34O9/c1-15-19(27)20(28)21(29)26(34-15)35-24-23(32-14-18-11-7-4-8-12-18)22(16(2)33-25(24)30)31-13-17-9-5-3-6-10-17/h3-12,15-16,19-30H,13-14H2,1-2H3/t15-,16-,19-,20+,21+,22-,23+,24+,25+,26-/m1/s1. The molecule has 2 aromatic rings. The maximum absolute atomic E-state index is 10.8. The molecular formula is C26H34O9. The highest BCUT2D eigenvalue weighted by molar-refractivity contribution is 5.14. The van der Waals surface area contributed by atoms with Gasteiger partial charge in [0.1, 0.15) is 36.6 Å². The lowest BCUT2D eigenvalue weighted by Crippen LogP contribution is -2.63. The van der Waals surface area contributed by atoms with Crippen molar-refractivity contribution in [3.05, 3.63) is 71.8 Å². The SMILES string of the molecule is C[C@H]1O[C@H](O[C@H]2[C@@H](OCc3ccccc3)[C@H](OCc3ccccc3)[C@@H](C)O[C@@H]2O)[C@@H](O)[C@@H](O)[C@@H]1O. The average molecular weight is 491 g/mol. The predicted molar refractivity (Wildman–Crippen MR) is 124 cm³/mol. The second-order valence-corrected chi connectivity index (χ2v) is 9.04. The molecule has 0 aliphatic carbocycles. The van der Waals surface area contributed by atoms with Crippen LogP contribution in [-0.4, -0.2) is 81.8 Å². The first-order valence-electron chi connectivity index (χ1n) is 11.8. The Kier molecular flexibility index (Phi) is 8.87. The van der Waals surface area contributed by atoms with E-state index < -0.39 is 61.4 Å². The number of hydrogen-bond acceptors (Lipinski definition) is 9. The molecule has 4 rings (SSSR count). The van der Waals surface area contributed by atoms with E-state index in [1.54, 1.807) is 13.8 Å². The van der Waals surface area contributed by atoms with Crippen LogP contribution in [-0.2, 0) is 36.9 Å². The topological polar surface area (TPSA) is 127 Å². The summed E-state index contributed by atoms with van der Waals surface area (Å²) in [6.45, 7) is 3.85. The minimum absolute atomic E-state index is 0.224. The maximum atomic E-state index is 10.8. The van der Waals surface area contributed by atoms with Gasteiger partial charge in [-0.15, -0.1) is 0 Å². The Hall–Kier alpha value is -1.92. The van der Waals surface area contributed by atoms with Crippen LogP contribution in [0, 0.1) is 0 Å². The van der Waals surface area contributed by atoms with Gasteiger partial charge in [0.15, 0.2) is 12.6 Å². The van der Waals surface area contributed by atoms with Crippen LogP contribution in [0.25, 0.3) is 0 Å². The third-order valence-electron chi connectivity index (χ3n) is 6.42. The quantitative estimate of drug-likeness (QED) is 0.430. The minimum atomic E-state index is -1.54. The third-order valence-corrected chi connectivity index (χ3v) is 6.42. The molecule has 2 aromatic carbocycles. The molecule has 10 atom stereocenters. The van der Waals surface area contributed by atoms with Gasteiger partial charge in [-0.25, -0.2) is 0 Å². The Morgan fingerprint density at radius 1 is 0.629 bits per heavy atom. The Morgan fingerprint density at radius 3 is 1.74 bits per heavy atom. The highest BCUT2D eigenvalue weighted by Crippen LogP contribution is 2.32. The highest BCUT2D eigenvalue weighted by atomic mass is 16.7. The second-order valence-electron chi connectivity index (χ2n) is 9.04. The van der Waals surface area contributed by atoms with E-state index >= 15 is 0 Å². The molecule has 9 heteroatoms. The molecule has 2 aliphatic heterocycles. The summed E-state index contributed by atoms with van der Waals surface area (Å²) in [7, 11) is 0. The molecule has 2 heterocycles. The van der Waals surface area contributed by atoms with Gasteiger partial charge < -0.3 is 44.1 Å². The van der Waals surface area contributed by atoms with E-state index in [1.807, 2.05) is 60.7 Å². The first kappa shape index (κ1) is 26.2. The predicted octanol–water partition coefficient (Wildman–Crippen LogP) is 1.11. The highest BCUT2D eigenvalue weighted by Gasteiger charge is 2.50. The van der Waals surface area contributed by atoms with Crippen LogP contribution < -0.4 is 0 Å². The summed E-state index contributed by atoms with van der Waals surface area (Å²) in [4.78, 5) is 0. The van der Waals surface area contributed by atoms with Gasteiger partial charge in [0, 0.05) is 0 Å². The van der Waals surface area contributed by atoms with Crippen molar-refractivity contribution in [2.45, 2.75) is 88.5 Å². The lowest BCUT2D eigenvalue weighted by atomic mass is 9.97. The van der Waals surface area contributed by atoms with Crippen molar-refractivity contribution in [1.29, 1.82) is 0 Å². The fourth-order valence-electron chi connectivity index (χ4n) is 4.37. The van der Waals surface area contributed by atoms with Gasteiger partial charge in [-0.2, -0.15) is 0 Å². The lowest BCUT2D eigenvalue weighted by molar-refractivity contribution is -0.363. The van der Waals surface area contributed by atoms with Gasteiger partial charge in [-0.3, -0.25) is 0 Å². The molecule has 0 radical (unpaired) electrons. The molecule has 2 aliphatic rings. The second kappa shape index (κ2) is 11.9. The number of aliphatic hydroxyl groups is 4. The zero-order chi connectivity index (χ0) is 24.9. The fourth-order valence-corrected chi connectivity index (χ4v) is 4.37. The zero-order valence-electron chi connectivity index (χ0n) is 19.8. The molecule has 0 spiro atoms. The average Bonchev–Trinajstić information content (AvgIpc) is 2.87. The fraction of sp³-hybridized carbons (Fsp3) is 0.538. The summed E-state index contributed by atoms with van der Waals surface area (Å²) in [5, 5.41) is 41.4. The van der Waals surface area contributed by atoms with Crippen LogP contribution in [0.2, 0.25) is 0 Å².